The zero-order valence-corrected chi connectivity index (χ0v) is 15.3. The van der Waals surface area contributed by atoms with Crippen LogP contribution in [0.4, 0.5) is 9.52 Å². The first-order valence-electron chi connectivity index (χ1n) is 7.91. The Balaban J connectivity index is 2.10. The molecule has 0 fully saturated rings. The van der Waals surface area contributed by atoms with Gasteiger partial charge in [0.05, 0.1) is 38.4 Å². The Bertz CT molecular complexity index is 748. The molecule has 1 heterocycles. The number of halogens is 1. The summed E-state index contributed by atoms with van der Waals surface area (Å²) in [7, 11) is 3.90. The third kappa shape index (κ3) is 5.61. The number of carbonyl (C=O) groups is 2. The van der Waals surface area contributed by atoms with Gasteiger partial charge < -0.3 is 15.1 Å². The van der Waals surface area contributed by atoms with Crippen molar-refractivity contribution < 1.29 is 18.9 Å². The lowest BCUT2D eigenvalue weighted by atomic mass is 10.2. The fourth-order valence-corrected chi connectivity index (χ4v) is 2.86. The molecule has 1 aromatic heterocycles. The predicted octanol–water partition coefficient (Wildman–Crippen LogP) is 0.816. The second kappa shape index (κ2) is 8.68. The second-order valence-electron chi connectivity index (χ2n) is 6.01. The molecule has 0 aliphatic carbocycles. The summed E-state index contributed by atoms with van der Waals surface area (Å²) in [5.41, 5.74) is 0.782. The van der Waals surface area contributed by atoms with E-state index in [0.29, 0.717) is 18.2 Å². The Hall–Kier alpha value is -2.32. The van der Waals surface area contributed by atoms with E-state index in [4.69, 9.17) is 0 Å². The first-order valence-corrected chi connectivity index (χ1v) is 8.79. The van der Waals surface area contributed by atoms with Crippen LogP contribution in [0, 0.1) is 12.7 Å². The van der Waals surface area contributed by atoms with Gasteiger partial charge in [0.2, 0.25) is 5.91 Å². The molecule has 6 nitrogen and oxygen atoms in total. The summed E-state index contributed by atoms with van der Waals surface area (Å²) in [5, 5.41) is 4.99. The van der Waals surface area contributed by atoms with Crippen LogP contribution in [0.15, 0.2) is 29.6 Å². The summed E-state index contributed by atoms with van der Waals surface area (Å²) < 4.78 is 13.9. The number of thiazole rings is 1. The first kappa shape index (κ1) is 19.0. The van der Waals surface area contributed by atoms with Crippen LogP contribution < -0.4 is 10.2 Å². The lowest BCUT2D eigenvalue weighted by Crippen LogP contribution is -3.06. The van der Waals surface area contributed by atoms with E-state index in [2.05, 4.69) is 10.3 Å². The van der Waals surface area contributed by atoms with E-state index < -0.39 is 11.7 Å². The van der Waals surface area contributed by atoms with E-state index in [1.54, 1.807) is 6.07 Å². The maximum Gasteiger partial charge on any atom is 0.257 e. The number of amides is 2. The number of nitrogens with one attached hydrogen (secondary N) is 2. The van der Waals surface area contributed by atoms with Crippen molar-refractivity contribution in [1.82, 2.24) is 9.88 Å². The minimum Gasteiger partial charge on any atom is -0.338 e. The molecule has 0 saturated carbocycles. The van der Waals surface area contributed by atoms with E-state index >= 15 is 0 Å². The van der Waals surface area contributed by atoms with Crippen LogP contribution in [0.25, 0.3) is 0 Å². The highest BCUT2D eigenvalue weighted by Gasteiger charge is 2.22. The third-order valence-corrected chi connectivity index (χ3v) is 4.35. The van der Waals surface area contributed by atoms with Gasteiger partial charge in [0, 0.05) is 5.38 Å². The van der Waals surface area contributed by atoms with Crippen molar-refractivity contribution in [3.63, 3.8) is 0 Å². The standard InChI is InChI=1S/C17H21FN4O2S/c1-12-11-25-17(19-12)20-15(23)10-22(9-8-21(2)3)16(24)13-6-4-5-7-14(13)18/h4-7,11H,8-10H2,1-3H3,(H,19,20,23)/p+1. The van der Waals surface area contributed by atoms with E-state index in [1.165, 1.54) is 34.4 Å². The average molecular weight is 365 g/mol. The molecule has 2 rings (SSSR count). The van der Waals surface area contributed by atoms with Crippen LogP contribution in [0.5, 0.6) is 0 Å². The summed E-state index contributed by atoms with van der Waals surface area (Å²) >= 11 is 1.32. The molecule has 0 bridgehead atoms. The van der Waals surface area contributed by atoms with E-state index in [9.17, 15) is 14.0 Å². The van der Waals surface area contributed by atoms with Crippen molar-refractivity contribution in [1.29, 1.82) is 0 Å². The van der Waals surface area contributed by atoms with Crippen molar-refractivity contribution in [3.8, 4) is 0 Å². The highest BCUT2D eigenvalue weighted by atomic mass is 32.1. The number of quaternary nitrogens is 1. The highest BCUT2D eigenvalue weighted by Crippen LogP contribution is 2.15. The number of carbonyl (C=O) groups excluding carboxylic acids is 2. The summed E-state index contributed by atoms with van der Waals surface area (Å²) in [6.45, 7) is 2.67. The van der Waals surface area contributed by atoms with Gasteiger partial charge in [-0.1, -0.05) is 12.1 Å². The number of likely N-dealkylation sites (N-methyl/N-ethyl adjacent to an activating group) is 1. The Kier molecular flexibility index (Phi) is 6.60. The number of aryl methyl sites for hydroxylation is 1. The number of hydrogen-bond acceptors (Lipinski definition) is 4. The van der Waals surface area contributed by atoms with Crippen LogP contribution >= 0.6 is 11.3 Å². The Labute approximate surface area is 150 Å². The van der Waals surface area contributed by atoms with Gasteiger partial charge in [-0.3, -0.25) is 9.59 Å². The van der Waals surface area contributed by atoms with Crippen LogP contribution in [-0.4, -0.2) is 55.4 Å². The van der Waals surface area contributed by atoms with Gasteiger partial charge in [-0.2, -0.15) is 0 Å². The minimum atomic E-state index is -0.592. The van der Waals surface area contributed by atoms with Crippen LogP contribution in [0.1, 0.15) is 16.1 Å². The molecule has 2 amide bonds. The van der Waals surface area contributed by atoms with Crippen molar-refractivity contribution >= 4 is 28.3 Å². The van der Waals surface area contributed by atoms with E-state index in [1.807, 2.05) is 26.4 Å². The van der Waals surface area contributed by atoms with Gasteiger partial charge in [0.15, 0.2) is 5.13 Å². The van der Waals surface area contributed by atoms with Gasteiger partial charge >= 0.3 is 0 Å². The number of rotatable bonds is 7. The lowest BCUT2D eigenvalue weighted by Gasteiger charge is -2.22. The summed E-state index contributed by atoms with van der Waals surface area (Å²) in [5.74, 6) is -1.44. The smallest absolute Gasteiger partial charge is 0.257 e. The second-order valence-corrected chi connectivity index (χ2v) is 6.86. The highest BCUT2D eigenvalue weighted by molar-refractivity contribution is 7.13. The minimum absolute atomic E-state index is 0.0332. The number of anilines is 1. The van der Waals surface area contributed by atoms with E-state index in [0.717, 1.165) is 10.6 Å². The van der Waals surface area contributed by atoms with Crippen molar-refractivity contribution in [2.75, 3.05) is 39.0 Å². The van der Waals surface area contributed by atoms with Crippen molar-refractivity contribution in [2.45, 2.75) is 6.92 Å². The molecule has 1 aromatic carbocycles. The SMILES string of the molecule is Cc1csc(NC(=O)CN(CC[NH+](C)C)C(=O)c2ccccc2F)n1. The van der Waals surface area contributed by atoms with Gasteiger partial charge in [-0.05, 0) is 19.1 Å². The molecule has 0 spiro atoms. The molecule has 0 aliphatic heterocycles. The van der Waals surface area contributed by atoms with Gasteiger partial charge in [-0.15, -0.1) is 11.3 Å². The molecule has 0 aliphatic rings. The van der Waals surface area contributed by atoms with E-state index in [-0.39, 0.29) is 18.0 Å². The molecule has 0 saturated heterocycles. The molecule has 0 radical (unpaired) electrons. The molecule has 0 unspecified atom stereocenters. The molecule has 2 aromatic rings. The molecular weight excluding hydrogens is 343 g/mol. The van der Waals surface area contributed by atoms with Crippen LogP contribution in [0.2, 0.25) is 0 Å². The van der Waals surface area contributed by atoms with Crippen molar-refractivity contribution in [2.24, 2.45) is 0 Å². The van der Waals surface area contributed by atoms with Gasteiger partial charge in [-0.25, -0.2) is 9.37 Å². The Morgan fingerprint density at radius 1 is 1.32 bits per heavy atom. The number of nitrogens with zero attached hydrogens (tertiary/aromatic N) is 2. The molecule has 2 N–H and O–H groups in total. The maximum atomic E-state index is 13.9. The number of benzene rings is 1. The molecular formula is C17H22FN4O2S+. The zero-order valence-electron chi connectivity index (χ0n) is 14.5. The lowest BCUT2D eigenvalue weighted by molar-refractivity contribution is -0.857. The number of hydrogen-bond donors (Lipinski definition) is 2. The molecule has 0 atom stereocenters. The normalized spacial score (nSPS) is 10.8. The third-order valence-electron chi connectivity index (χ3n) is 3.47. The Morgan fingerprint density at radius 3 is 2.64 bits per heavy atom. The van der Waals surface area contributed by atoms with Crippen molar-refractivity contribution in [3.05, 3.63) is 46.7 Å². The van der Waals surface area contributed by atoms with Gasteiger partial charge in [0.1, 0.15) is 12.4 Å². The Morgan fingerprint density at radius 2 is 2.04 bits per heavy atom. The quantitative estimate of drug-likeness (QED) is 0.763. The van der Waals surface area contributed by atoms with Crippen LogP contribution in [0.3, 0.4) is 0 Å². The van der Waals surface area contributed by atoms with Gasteiger partial charge in [0.25, 0.3) is 5.91 Å². The fourth-order valence-electron chi connectivity index (χ4n) is 2.16. The summed E-state index contributed by atoms with van der Waals surface area (Å²) in [6.07, 6.45) is 0. The predicted molar refractivity (Wildman–Crippen MR) is 95.5 cm³/mol. The molecule has 25 heavy (non-hydrogen) atoms. The molecule has 134 valence electrons. The molecule has 8 heteroatoms. The largest absolute Gasteiger partial charge is 0.338 e. The first-order chi connectivity index (χ1) is 11.9. The number of aromatic nitrogens is 1. The monoisotopic (exact) mass is 365 g/mol. The zero-order chi connectivity index (χ0) is 18.4. The fraction of sp³-hybridized carbons (Fsp3) is 0.353. The summed E-state index contributed by atoms with van der Waals surface area (Å²) in [6, 6.07) is 5.79. The maximum absolute atomic E-state index is 13.9. The topological polar surface area (TPSA) is 66.7 Å². The van der Waals surface area contributed by atoms with Crippen LogP contribution in [-0.2, 0) is 4.79 Å². The summed E-state index contributed by atoms with van der Waals surface area (Å²) in [4.78, 5) is 31.6. The average Bonchev–Trinajstić information content (AvgIpc) is 2.96.